The van der Waals surface area contributed by atoms with Crippen molar-refractivity contribution in [2.75, 3.05) is 6.61 Å². The largest absolute Gasteiger partial charge is 0.392 e. The number of hydrogen-bond acceptors (Lipinski definition) is 2. The van der Waals surface area contributed by atoms with Gasteiger partial charge in [-0.3, -0.25) is 0 Å². The summed E-state index contributed by atoms with van der Waals surface area (Å²) in [5.74, 6) is 0.271. The average Bonchev–Trinajstić information content (AvgIpc) is 2.78. The molecule has 0 spiro atoms. The molecule has 1 N–H and O–H groups in total. The Balaban J connectivity index is 4.13. The number of rotatable bonds is 19. The zero-order valence-corrected chi connectivity index (χ0v) is 24.0. The smallest absolute Gasteiger partial charge is 0.130 e. The SMILES string of the molecule is CC(=O)CCC=C(C)CCC=C(C)CCC=C(C)CCC=C(C)CCC=C(C)CCC=C(C)CO. The fraction of sp³-hybridized carbons (Fsp3) is 0.606. The first-order chi connectivity index (χ1) is 16.6. The Morgan fingerprint density at radius 2 is 0.657 bits per heavy atom. The van der Waals surface area contributed by atoms with Gasteiger partial charge >= 0.3 is 0 Å². The number of ketones is 1. The highest BCUT2D eigenvalue weighted by atomic mass is 16.3. The molecule has 198 valence electrons. The van der Waals surface area contributed by atoms with Crippen molar-refractivity contribution in [3.8, 4) is 0 Å². The van der Waals surface area contributed by atoms with Gasteiger partial charge in [0.15, 0.2) is 0 Å². The van der Waals surface area contributed by atoms with E-state index in [0.717, 1.165) is 76.2 Å². The van der Waals surface area contributed by atoms with E-state index >= 15 is 0 Å². The predicted molar refractivity (Wildman–Crippen MR) is 156 cm³/mol. The van der Waals surface area contributed by atoms with Crippen LogP contribution in [0.25, 0.3) is 0 Å². The summed E-state index contributed by atoms with van der Waals surface area (Å²) in [5, 5.41) is 9.04. The van der Waals surface area contributed by atoms with Crippen LogP contribution in [0.1, 0.15) is 126 Å². The van der Waals surface area contributed by atoms with Crippen LogP contribution in [0, 0.1) is 0 Å². The van der Waals surface area contributed by atoms with Crippen LogP contribution < -0.4 is 0 Å². The number of Topliss-reactive ketones (excluding diaryl/α,β-unsaturated/α-hetero) is 1. The van der Waals surface area contributed by atoms with Gasteiger partial charge in [0.05, 0.1) is 6.61 Å². The van der Waals surface area contributed by atoms with Crippen LogP contribution in [0.5, 0.6) is 0 Å². The summed E-state index contributed by atoms with van der Waals surface area (Å²) in [6.07, 6.45) is 26.5. The van der Waals surface area contributed by atoms with E-state index in [1.807, 2.05) is 6.92 Å². The maximum absolute atomic E-state index is 11.0. The summed E-state index contributed by atoms with van der Waals surface area (Å²) in [6.45, 7) is 14.9. The van der Waals surface area contributed by atoms with Crippen LogP contribution in [0.4, 0.5) is 0 Å². The van der Waals surface area contributed by atoms with E-state index in [0.29, 0.717) is 6.42 Å². The normalized spacial score (nSPS) is 14.6. The molecule has 0 aliphatic rings. The highest BCUT2D eigenvalue weighted by molar-refractivity contribution is 5.75. The Hall–Kier alpha value is -1.93. The van der Waals surface area contributed by atoms with E-state index in [9.17, 15) is 4.79 Å². The van der Waals surface area contributed by atoms with Crippen molar-refractivity contribution >= 4 is 5.78 Å². The Bertz CT molecular complexity index is 784. The van der Waals surface area contributed by atoms with Gasteiger partial charge < -0.3 is 9.90 Å². The highest BCUT2D eigenvalue weighted by Crippen LogP contribution is 2.16. The van der Waals surface area contributed by atoms with Gasteiger partial charge in [-0.15, -0.1) is 0 Å². The van der Waals surface area contributed by atoms with Crippen molar-refractivity contribution in [1.29, 1.82) is 0 Å². The molecule has 0 atom stereocenters. The minimum Gasteiger partial charge on any atom is -0.392 e. The van der Waals surface area contributed by atoms with E-state index < -0.39 is 0 Å². The summed E-state index contributed by atoms with van der Waals surface area (Å²) in [5.41, 5.74) is 8.35. The van der Waals surface area contributed by atoms with Crippen molar-refractivity contribution < 1.29 is 9.90 Å². The Kier molecular flexibility index (Phi) is 20.2. The number of hydrogen-bond donors (Lipinski definition) is 1. The summed E-state index contributed by atoms with van der Waals surface area (Å²) < 4.78 is 0. The van der Waals surface area contributed by atoms with Gasteiger partial charge in [-0.2, -0.15) is 0 Å². The first kappa shape index (κ1) is 33.1. The van der Waals surface area contributed by atoms with Gasteiger partial charge in [-0.05, 0) is 119 Å². The molecule has 35 heavy (non-hydrogen) atoms. The fourth-order valence-corrected chi connectivity index (χ4v) is 3.83. The molecule has 0 aromatic carbocycles. The van der Waals surface area contributed by atoms with E-state index in [-0.39, 0.29) is 12.4 Å². The summed E-state index contributed by atoms with van der Waals surface area (Å²) >= 11 is 0. The van der Waals surface area contributed by atoms with Gasteiger partial charge in [0, 0.05) is 6.42 Å². The molecule has 0 unspecified atom stereocenters. The lowest BCUT2D eigenvalue weighted by molar-refractivity contribution is -0.116. The van der Waals surface area contributed by atoms with Crippen molar-refractivity contribution in [3.05, 3.63) is 69.9 Å². The maximum atomic E-state index is 11.0. The lowest BCUT2D eigenvalue weighted by atomic mass is 10.0. The molecule has 0 rings (SSSR count). The number of aliphatic hydroxyl groups is 1. The summed E-state index contributed by atoms with van der Waals surface area (Å²) in [4.78, 5) is 11.0. The molecular weight excluding hydrogens is 428 g/mol. The van der Waals surface area contributed by atoms with Crippen molar-refractivity contribution in [2.45, 2.75) is 126 Å². The second-order valence-corrected chi connectivity index (χ2v) is 10.4. The Morgan fingerprint density at radius 3 is 0.886 bits per heavy atom. The molecule has 0 fully saturated rings. The number of carbonyl (C=O) groups is 1. The lowest BCUT2D eigenvalue weighted by Crippen LogP contribution is -1.87. The third-order valence-corrected chi connectivity index (χ3v) is 6.40. The molecule has 0 aliphatic heterocycles. The third kappa shape index (κ3) is 22.3. The topological polar surface area (TPSA) is 37.3 Å². The first-order valence-corrected chi connectivity index (χ1v) is 13.7. The molecule has 0 heterocycles. The van der Waals surface area contributed by atoms with Gasteiger partial charge in [0.2, 0.25) is 0 Å². The van der Waals surface area contributed by atoms with Crippen molar-refractivity contribution in [1.82, 2.24) is 0 Å². The van der Waals surface area contributed by atoms with E-state index in [2.05, 4.69) is 71.1 Å². The third-order valence-electron chi connectivity index (χ3n) is 6.40. The molecular formula is C33H54O2. The standard InChI is InChI=1S/C33H54O2/c1-27(15-9-17-29(3)19-11-21-31(5)23-13-25-33(7)35)14-8-16-28(2)18-10-20-30(4)22-12-24-32(6)26-34/h15-16,19-20,23-24,34H,8-14,17-18,21-22,25-26H2,1-7H3. The monoisotopic (exact) mass is 482 g/mol. The molecule has 0 aromatic rings. The molecule has 2 nitrogen and oxygen atoms in total. The maximum Gasteiger partial charge on any atom is 0.130 e. The lowest BCUT2D eigenvalue weighted by Gasteiger charge is -2.04. The molecule has 0 amide bonds. The first-order valence-electron chi connectivity index (χ1n) is 13.7. The van der Waals surface area contributed by atoms with Gasteiger partial charge in [0.1, 0.15) is 5.78 Å². The fourth-order valence-electron chi connectivity index (χ4n) is 3.83. The quantitative estimate of drug-likeness (QED) is 0.186. The molecule has 0 saturated carbocycles. The molecule has 0 aliphatic carbocycles. The second kappa shape index (κ2) is 21.4. The van der Waals surface area contributed by atoms with Crippen LogP contribution >= 0.6 is 0 Å². The minimum atomic E-state index is 0.168. The van der Waals surface area contributed by atoms with Gasteiger partial charge in [-0.1, -0.05) is 69.9 Å². The summed E-state index contributed by atoms with van der Waals surface area (Å²) in [6, 6.07) is 0. The Labute approximate surface area is 217 Å². The van der Waals surface area contributed by atoms with E-state index in [1.54, 1.807) is 6.92 Å². The van der Waals surface area contributed by atoms with Gasteiger partial charge in [0.25, 0.3) is 0 Å². The van der Waals surface area contributed by atoms with Crippen LogP contribution in [-0.2, 0) is 4.79 Å². The molecule has 0 bridgehead atoms. The van der Waals surface area contributed by atoms with E-state index in [4.69, 9.17) is 5.11 Å². The predicted octanol–water partition coefficient (Wildman–Crippen LogP) is 9.93. The minimum absolute atomic E-state index is 0.168. The summed E-state index contributed by atoms with van der Waals surface area (Å²) in [7, 11) is 0. The Morgan fingerprint density at radius 1 is 0.429 bits per heavy atom. The van der Waals surface area contributed by atoms with Crippen molar-refractivity contribution in [2.24, 2.45) is 0 Å². The molecule has 0 saturated heterocycles. The highest BCUT2D eigenvalue weighted by Gasteiger charge is 1.96. The molecule has 0 aromatic heterocycles. The number of carbonyl (C=O) groups excluding carboxylic acids is 1. The average molecular weight is 483 g/mol. The van der Waals surface area contributed by atoms with Crippen LogP contribution in [0.15, 0.2) is 69.9 Å². The van der Waals surface area contributed by atoms with Crippen molar-refractivity contribution in [3.63, 3.8) is 0 Å². The van der Waals surface area contributed by atoms with Crippen LogP contribution in [0.2, 0.25) is 0 Å². The van der Waals surface area contributed by atoms with Crippen LogP contribution in [0.3, 0.4) is 0 Å². The second-order valence-electron chi connectivity index (χ2n) is 10.4. The van der Waals surface area contributed by atoms with Crippen LogP contribution in [-0.4, -0.2) is 17.5 Å². The molecule has 2 heteroatoms. The number of aliphatic hydroxyl groups excluding tert-OH is 1. The zero-order valence-electron chi connectivity index (χ0n) is 24.0. The zero-order chi connectivity index (χ0) is 26.5. The van der Waals surface area contributed by atoms with Gasteiger partial charge in [-0.25, -0.2) is 0 Å². The number of allylic oxidation sites excluding steroid dienone is 11. The van der Waals surface area contributed by atoms with E-state index in [1.165, 1.54) is 27.9 Å². The molecule has 0 radical (unpaired) electrons.